The molecule has 0 aromatic rings. The lowest BCUT2D eigenvalue weighted by molar-refractivity contribution is 0.0514. The quantitative estimate of drug-likeness (QED) is 0.792. The van der Waals surface area contributed by atoms with Crippen LogP contribution in [-0.2, 0) is 4.74 Å². The number of thioether (sulfide) groups is 1. The van der Waals surface area contributed by atoms with E-state index in [0.29, 0.717) is 24.4 Å². The van der Waals surface area contributed by atoms with Crippen molar-refractivity contribution in [1.29, 1.82) is 0 Å². The van der Waals surface area contributed by atoms with Crippen molar-refractivity contribution in [2.45, 2.75) is 52.7 Å². The predicted octanol–water partition coefficient (Wildman–Crippen LogP) is 2.88. The number of ether oxygens (including phenoxy) is 1. The lowest BCUT2D eigenvalue weighted by Gasteiger charge is -2.25. The normalized spacial score (nSPS) is 21.0. The Morgan fingerprint density at radius 3 is 2.55 bits per heavy atom. The summed E-state index contributed by atoms with van der Waals surface area (Å²) in [5.74, 6) is 3.45. The molecule has 0 aromatic carbocycles. The SMILES string of the molecule is CC(C)C(CNC(=O)OC(C)(C)C)CNC1CCSC1. The average molecular weight is 302 g/mol. The van der Waals surface area contributed by atoms with Crippen molar-refractivity contribution in [3.05, 3.63) is 0 Å². The summed E-state index contributed by atoms with van der Waals surface area (Å²) in [6.07, 6.45) is 0.939. The zero-order valence-electron chi connectivity index (χ0n) is 13.5. The van der Waals surface area contributed by atoms with Crippen molar-refractivity contribution in [1.82, 2.24) is 10.6 Å². The average Bonchev–Trinajstić information content (AvgIpc) is 2.78. The number of alkyl carbamates (subject to hydrolysis) is 1. The monoisotopic (exact) mass is 302 g/mol. The van der Waals surface area contributed by atoms with Crippen LogP contribution in [0.2, 0.25) is 0 Å². The van der Waals surface area contributed by atoms with Gasteiger partial charge in [-0.2, -0.15) is 11.8 Å². The van der Waals surface area contributed by atoms with Gasteiger partial charge in [-0.05, 0) is 44.8 Å². The van der Waals surface area contributed by atoms with Gasteiger partial charge in [-0.25, -0.2) is 4.79 Å². The predicted molar refractivity (Wildman–Crippen MR) is 86.3 cm³/mol. The molecule has 0 bridgehead atoms. The maximum absolute atomic E-state index is 11.7. The highest BCUT2D eigenvalue weighted by molar-refractivity contribution is 7.99. The van der Waals surface area contributed by atoms with E-state index in [1.54, 1.807) is 0 Å². The van der Waals surface area contributed by atoms with Crippen LogP contribution in [0.4, 0.5) is 4.79 Å². The Hall–Kier alpha value is -0.420. The molecule has 1 rings (SSSR count). The zero-order chi connectivity index (χ0) is 15.2. The largest absolute Gasteiger partial charge is 0.444 e. The maximum Gasteiger partial charge on any atom is 0.407 e. The summed E-state index contributed by atoms with van der Waals surface area (Å²) in [6.45, 7) is 11.7. The second-order valence-electron chi connectivity index (χ2n) is 6.86. The van der Waals surface area contributed by atoms with Crippen LogP contribution in [0.25, 0.3) is 0 Å². The Kier molecular flexibility index (Phi) is 7.17. The van der Waals surface area contributed by atoms with E-state index >= 15 is 0 Å². The van der Waals surface area contributed by atoms with Crippen LogP contribution < -0.4 is 10.6 Å². The molecule has 1 fully saturated rings. The number of amides is 1. The fourth-order valence-corrected chi connectivity index (χ4v) is 3.27. The van der Waals surface area contributed by atoms with Gasteiger partial charge in [0.05, 0.1) is 0 Å². The molecule has 2 atom stereocenters. The van der Waals surface area contributed by atoms with Crippen LogP contribution in [0.1, 0.15) is 41.0 Å². The van der Waals surface area contributed by atoms with E-state index in [0.717, 1.165) is 6.54 Å². The summed E-state index contributed by atoms with van der Waals surface area (Å²) in [5, 5.41) is 6.51. The summed E-state index contributed by atoms with van der Waals surface area (Å²) in [4.78, 5) is 11.7. The molecular weight excluding hydrogens is 272 g/mol. The molecule has 0 aliphatic carbocycles. The second kappa shape index (κ2) is 8.13. The lowest BCUT2D eigenvalue weighted by Crippen LogP contribution is -2.41. The van der Waals surface area contributed by atoms with E-state index < -0.39 is 5.60 Å². The zero-order valence-corrected chi connectivity index (χ0v) is 14.3. The molecule has 5 heteroatoms. The number of hydrogen-bond donors (Lipinski definition) is 2. The van der Waals surface area contributed by atoms with Gasteiger partial charge >= 0.3 is 6.09 Å². The van der Waals surface area contributed by atoms with Crippen LogP contribution >= 0.6 is 11.8 Å². The number of carbonyl (C=O) groups excluding carboxylic acids is 1. The van der Waals surface area contributed by atoms with E-state index in [1.807, 2.05) is 32.5 Å². The molecule has 4 nitrogen and oxygen atoms in total. The van der Waals surface area contributed by atoms with Crippen molar-refractivity contribution in [3.8, 4) is 0 Å². The lowest BCUT2D eigenvalue weighted by atomic mass is 9.95. The van der Waals surface area contributed by atoms with Crippen LogP contribution in [-0.4, -0.2) is 42.3 Å². The van der Waals surface area contributed by atoms with Gasteiger partial charge < -0.3 is 15.4 Å². The fourth-order valence-electron chi connectivity index (χ4n) is 2.09. The van der Waals surface area contributed by atoms with Crippen LogP contribution in [0.15, 0.2) is 0 Å². The highest BCUT2D eigenvalue weighted by Crippen LogP contribution is 2.18. The minimum atomic E-state index is -0.434. The van der Waals surface area contributed by atoms with Crippen molar-refractivity contribution in [3.63, 3.8) is 0 Å². The summed E-state index contributed by atoms with van der Waals surface area (Å²) in [7, 11) is 0. The van der Waals surface area contributed by atoms with E-state index in [4.69, 9.17) is 4.74 Å². The third-order valence-corrected chi connectivity index (χ3v) is 4.61. The maximum atomic E-state index is 11.7. The van der Waals surface area contributed by atoms with Gasteiger partial charge in [0.1, 0.15) is 5.60 Å². The molecule has 2 unspecified atom stereocenters. The first-order chi connectivity index (χ1) is 9.28. The summed E-state index contributed by atoms with van der Waals surface area (Å²) in [6, 6.07) is 0.641. The minimum Gasteiger partial charge on any atom is -0.444 e. The van der Waals surface area contributed by atoms with Gasteiger partial charge in [-0.15, -0.1) is 0 Å². The number of carbonyl (C=O) groups is 1. The first-order valence-corrected chi connectivity index (χ1v) is 8.71. The Bertz CT molecular complexity index is 297. The van der Waals surface area contributed by atoms with E-state index in [2.05, 4.69) is 24.5 Å². The Labute approximate surface area is 127 Å². The topological polar surface area (TPSA) is 50.4 Å². The van der Waals surface area contributed by atoms with Gasteiger partial charge in [-0.1, -0.05) is 13.8 Å². The highest BCUT2D eigenvalue weighted by atomic mass is 32.2. The Balaban J connectivity index is 2.29. The molecule has 1 aliphatic rings. The van der Waals surface area contributed by atoms with E-state index in [-0.39, 0.29) is 6.09 Å². The standard InChI is InChI=1S/C15H30N2O2S/c1-11(2)12(8-16-13-6-7-20-10-13)9-17-14(18)19-15(3,4)5/h11-13,16H,6-10H2,1-5H3,(H,17,18). The van der Waals surface area contributed by atoms with Crippen molar-refractivity contribution >= 4 is 17.9 Å². The molecule has 1 heterocycles. The van der Waals surface area contributed by atoms with Crippen molar-refractivity contribution in [2.24, 2.45) is 11.8 Å². The smallest absolute Gasteiger partial charge is 0.407 e. The van der Waals surface area contributed by atoms with E-state index in [1.165, 1.54) is 17.9 Å². The Morgan fingerprint density at radius 2 is 2.05 bits per heavy atom. The molecule has 1 aliphatic heterocycles. The third kappa shape index (κ3) is 7.39. The number of rotatable bonds is 6. The molecule has 20 heavy (non-hydrogen) atoms. The van der Waals surface area contributed by atoms with Gasteiger partial charge in [0.15, 0.2) is 0 Å². The summed E-state index contributed by atoms with van der Waals surface area (Å²) >= 11 is 2.01. The number of nitrogens with one attached hydrogen (secondary N) is 2. The van der Waals surface area contributed by atoms with Gasteiger partial charge in [0.25, 0.3) is 0 Å². The molecule has 1 saturated heterocycles. The molecule has 2 N–H and O–H groups in total. The summed E-state index contributed by atoms with van der Waals surface area (Å²) in [5.41, 5.74) is -0.434. The molecule has 0 radical (unpaired) electrons. The van der Waals surface area contributed by atoms with Crippen LogP contribution in [0.5, 0.6) is 0 Å². The second-order valence-corrected chi connectivity index (χ2v) is 8.01. The van der Waals surface area contributed by atoms with Gasteiger partial charge in [0.2, 0.25) is 0 Å². The minimum absolute atomic E-state index is 0.320. The summed E-state index contributed by atoms with van der Waals surface area (Å²) < 4.78 is 5.27. The number of hydrogen-bond acceptors (Lipinski definition) is 4. The molecule has 1 amide bonds. The molecule has 0 saturated carbocycles. The van der Waals surface area contributed by atoms with Crippen LogP contribution in [0.3, 0.4) is 0 Å². The van der Waals surface area contributed by atoms with Gasteiger partial charge in [0, 0.05) is 24.9 Å². The van der Waals surface area contributed by atoms with Crippen molar-refractivity contribution < 1.29 is 9.53 Å². The van der Waals surface area contributed by atoms with Crippen LogP contribution in [0, 0.1) is 11.8 Å². The molecule has 0 aromatic heterocycles. The first-order valence-electron chi connectivity index (χ1n) is 7.56. The van der Waals surface area contributed by atoms with Crippen molar-refractivity contribution in [2.75, 3.05) is 24.6 Å². The molecule has 118 valence electrons. The highest BCUT2D eigenvalue weighted by Gasteiger charge is 2.21. The Morgan fingerprint density at radius 1 is 1.35 bits per heavy atom. The van der Waals surface area contributed by atoms with Gasteiger partial charge in [-0.3, -0.25) is 0 Å². The fraction of sp³-hybridized carbons (Fsp3) is 0.933. The van der Waals surface area contributed by atoms with E-state index in [9.17, 15) is 4.79 Å². The first kappa shape index (κ1) is 17.6. The molecular formula is C15H30N2O2S. The molecule has 0 spiro atoms. The third-order valence-electron chi connectivity index (χ3n) is 3.45.